The first-order chi connectivity index (χ1) is 16.5. The van der Waals surface area contributed by atoms with Crippen LogP contribution in [0.5, 0.6) is 0 Å². The maximum atomic E-state index is 12.7. The molecule has 2 amide bonds. The highest BCUT2D eigenvalue weighted by molar-refractivity contribution is 5.87. The summed E-state index contributed by atoms with van der Waals surface area (Å²) in [5.74, 6) is -1.25. The summed E-state index contributed by atoms with van der Waals surface area (Å²) in [6.07, 6.45) is 0.799. The predicted octanol–water partition coefficient (Wildman–Crippen LogP) is 3.15. The maximum absolute atomic E-state index is 12.7. The summed E-state index contributed by atoms with van der Waals surface area (Å²) < 4.78 is 11.4. The highest BCUT2D eigenvalue weighted by Gasteiger charge is 2.40. The number of nitrogens with one attached hydrogen (secondary N) is 1. The highest BCUT2D eigenvalue weighted by Crippen LogP contribution is 2.44. The molecule has 2 aromatic rings. The van der Waals surface area contributed by atoms with Gasteiger partial charge in [-0.3, -0.25) is 4.79 Å². The second-order valence-electron chi connectivity index (χ2n) is 9.06. The number of alkyl carbamates (subject to hydrolysis) is 1. The number of carbonyl (C=O) groups excluding carboxylic acids is 2. The number of amides is 2. The molecule has 1 aliphatic carbocycles. The molecule has 2 aliphatic heterocycles. The Hall–Kier alpha value is -3.39. The number of fused-ring (bicyclic) bond motifs is 3. The van der Waals surface area contributed by atoms with Gasteiger partial charge < -0.3 is 24.8 Å². The Kier molecular flexibility index (Phi) is 6.24. The molecule has 3 aliphatic rings. The average molecular weight is 465 g/mol. The van der Waals surface area contributed by atoms with Crippen molar-refractivity contribution >= 4 is 18.0 Å². The fourth-order valence-electron chi connectivity index (χ4n) is 5.36. The van der Waals surface area contributed by atoms with E-state index >= 15 is 0 Å². The number of hydrogen-bond donors (Lipinski definition) is 2. The molecule has 0 aromatic heterocycles. The zero-order valence-electron chi connectivity index (χ0n) is 18.8. The van der Waals surface area contributed by atoms with E-state index in [-0.39, 0.29) is 31.1 Å². The van der Waals surface area contributed by atoms with Crippen LogP contribution in [0.3, 0.4) is 0 Å². The Morgan fingerprint density at radius 1 is 1.00 bits per heavy atom. The molecule has 5 rings (SSSR count). The van der Waals surface area contributed by atoms with Crippen molar-refractivity contribution in [2.75, 3.05) is 19.7 Å². The van der Waals surface area contributed by atoms with Crippen molar-refractivity contribution in [1.29, 1.82) is 0 Å². The van der Waals surface area contributed by atoms with Crippen LogP contribution < -0.4 is 5.32 Å². The lowest BCUT2D eigenvalue weighted by Crippen LogP contribution is -2.45. The van der Waals surface area contributed by atoms with Gasteiger partial charge in [0.15, 0.2) is 0 Å². The van der Waals surface area contributed by atoms with Crippen LogP contribution in [0.4, 0.5) is 4.79 Å². The Balaban J connectivity index is 1.11. The normalized spacial score (nSPS) is 23.4. The van der Waals surface area contributed by atoms with E-state index in [1.54, 1.807) is 0 Å². The van der Waals surface area contributed by atoms with E-state index in [0.29, 0.717) is 32.2 Å². The minimum atomic E-state index is -0.975. The Labute approximate surface area is 197 Å². The summed E-state index contributed by atoms with van der Waals surface area (Å²) in [6.45, 7) is 0.916. The molecular formula is C26H28N2O6. The van der Waals surface area contributed by atoms with Crippen molar-refractivity contribution in [2.24, 2.45) is 0 Å². The molecular weight excluding hydrogens is 436 g/mol. The molecule has 0 saturated carbocycles. The SMILES string of the molecule is O=C(NCC1CCC(C(=O)N2CCCC2C(=O)O)O1)OCC1c2ccccc2-c2ccccc21. The van der Waals surface area contributed by atoms with Gasteiger partial charge in [0.1, 0.15) is 18.8 Å². The third-order valence-corrected chi connectivity index (χ3v) is 7.02. The maximum Gasteiger partial charge on any atom is 0.407 e. The summed E-state index contributed by atoms with van der Waals surface area (Å²) in [6, 6.07) is 15.6. The van der Waals surface area contributed by atoms with Gasteiger partial charge in [-0.2, -0.15) is 0 Å². The van der Waals surface area contributed by atoms with Crippen molar-refractivity contribution in [3.63, 3.8) is 0 Å². The number of hydrogen-bond acceptors (Lipinski definition) is 5. The zero-order chi connectivity index (χ0) is 23.7. The Morgan fingerprint density at radius 2 is 1.68 bits per heavy atom. The number of carboxylic acids is 1. The van der Waals surface area contributed by atoms with E-state index in [1.165, 1.54) is 16.0 Å². The summed E-state index contributed by atoms with van der Waals surface area (Å²) in [5.41, 5.74) is 4.65. The van der Waals surface area contributed by atoms with Crippen LogP contribution in [-0.4, -0.2) is 65.9 Å². The number of nitrogens with zero attached hydrogens (tertiary/aromatic N) is 1. The van der Waals surface area contributed by atoms with Crippen LogP contribution in [0, 0.1) is 0 Å². The molecule has 3 atom stereocenters. The third-order valence-electron chi connectivity index (χ3n) is 7.02. The molecule has 8 heteroatoms. The van der Waals surface area contributed by atoms with E-state index in [0.717, 1.165) is 11.1 Å². The van der Waals surface area contributed by atoms with Gasteiger partial charge in [-0.1, -0.05) is 48.5 Å². The van der Waals surface area contributed by atoms with Crippen LogP contribution in [0.25, 0.3) is 11.1 Å². The minimum Gasteiger partial charge on any atom is -0.480 e. The van der Waals surface area contributed by atoms with Gasteiger partial charge in [0.25, 0.3) is 5.91 Å². The quantitative estimate of drug-likeness (QED) is 0.681. The molecule has 0 spiro atoms. The first-order valence-electron chi connectivity index (χ1n) is 11.8. The molecule has 34 heavy (non-hydrogen) atoms. The summed E-state index contributed by atoms with van der Waals surface area (Å²) in [4.78, 5) is 37.9. The van der Waals surface area contributed by atoms with Crippen molar-refractivity contribution in [3.05, 3.63) is 59.7 Å². The van der Waals surface area contributed by atoms with Gasteiger partial charge in [-0.05, 0) is 47.9 Å². The van der Waals surface area contributed by atoms with E-state index in [4.69, 9.17) is 9.47 Å². The van der Waals surface area contributed by atoms with Gasteiger partial charge >= 0.3 is 12.1 Å². The number of carboxylic acid groups (broad SMARTS) is 1. The lowest BCUT2D eigenvalue weighted by Gasteiger charge is -2.24. The van der Waals surface area contributed by atoms with E-state index in [9.17, 15) is 19.5 Å². The number of carbonyl (C=O) groups is 3. The van der Waals surface area contributed by atoms with Gasteiger partial charge in [-0.15, -0.1) is 0 Å². The van der Waals surface area contributed by atoms with Crippen LogP contribution >= 0.6 is 0 Å². The number of ether oxygens (including phenoxy) is 2. The predicted molar refractivity (Wildman–Crippen MR) is 123 cm³/mol. The molecule has 8 nitrogen and oxygen atoms in total. The highest BCUT2D eigenvalue weighted by atomic mass is 16.6. The number of rotatable bonds is 6. The van der Waals surface area contributed by atoms with Crippen molar-refractivity contribution < 1.29 is 29.0 Å². The first kappa shape index (κ1) is 22.4. The molecule has 0 bridgehead atoms. The Bertz CT molecular complexity index is 1060. The average Bonchev–Trinajstić information content (AvgIpc) is 3.59. The topological polar surface area (TPSA) is 105 Å². The smallest absolute Gasteiger partial charge is 0.407 e. The second kappa shape index (κ2) is 9.46. The summed E-state index contributed by atoms with van der Waals surface area (Å²) >= 11 is 0. The molecule has 2 saturated heterocycles. The lowest BCUT2D eigenvalue weighted by molar-refractivity contribution is -0.153. The van der Waals surface area contributed by atoms with Crippen LogP contribution in [-0.2, 0) is 19.1 Å². The summed E-state index contributed by atoms with van der Waals surface area (Å²) in [7, 11) is 0. The molecule has 178 valence electrons. The van der Waals surface area contributed by atoms with E-state index in [1.807, 2.05) is 24.3 Å². The van der Waals surface area contributed by atoms with Crippen LogP contribution in [0.1, 0.15) is 42.7 Å². The minimum absolute atomic E-state index is 0.00877. The first-order valence-corrected chi connectivity index (χ1v) is 11.8. The standard InChI is InChI=1S/C26H28N2O6/c29-24(28-13-5-10-22(28)25(30)31)23-12-11-16(34-23)14-27-26(32)33-15-21-19-8-3-1-6-17(19)18-7-2-4-9-20(18)21/h1-4,6-9,16,21-23H,5,10-15H2,(H,27,32)(H,30,31). The van der Waals surface area contributed by atoms with E-state index < -0.39 is 24.2 Å². The molecule has 0 radical (unpaired) electrons. The molecule has 3 unspecified atom stereocenters. The molecule has 2 aromatic carbocycles. The molecule has 2 N–H and O–H groups in total. The van der Waals surface area contributed by atoms with Gasteiger partial charge in [0, 0.05) is 19.0 Å². The summed E-state index contributed by atoms with van der Waals surface area (Å²) in [5, 5.41) is 12.1. The van der Waals surface area contributed by atoms with Gasteiger partial charge in [0.2, 0.25) is 0 Å². The van der Waals surface area contributed by atoms with Gasteiger partial charge in [0.05, 0.1) is 6.10 Å². The second-order valence-corrected chi connectivity index (χ2v) is 9.06. The third kappa shape index (κ3) is 4.25. The van der Waals surface area contributed by atoms with Crippen molar-refractivity contribution in [2.45, 2.75) is 49.9 Å². The lowest BCUT2D eigenvalue weighted by atomic mass is 9.98. The largest absolute Gasteiger partial charge is 0.480 e. The number of likely N-dealkylation sites (tertiary alicyclic amines) is 1. The van der Waals surface area contributed by atoms with E-state index in [2.05, 4.69) is 29.6 Å². The van der Waals surface area contributed by atoms with Crippen molar-refractivity contribution in [1.82, 2.24) is 10.2 Å². The fourth-order valence-corrected chi connectivity index (χ4v) is 5.36. The molecule has 2 fully saturated rings. The monoisotopic (exact) mass is 464 g/mol. The number of benzene rings is 2. The van der Waals surface area contributed by atoms with Crippen LogP contribution in [0.15, 0.2) is 48.5 Å². The Morgan fingerprint density at radius 3 is 2.35 bits per heavy atom. The van der Waals surface area contributed by atoms with Gasteiger partial charge in [-0.25, -0.2) is 9.59 Å². The fraction of sp³-hybridized carbons (Fsp3) is 0.423. The zero-order valence-corrected chi connectivity index (χ0v) is 18.8. The number of aliphatic carboxylic acids is 1. The van der Waals surface area contributed by atoms with Crippen LogP contribution in [0.2, 0.25) is 0 Å². The molecule has 2 heterocycles. The van der Waals surface area contributed by atoms with Crippen molar-refractivity contribution in [3.8, 4) is 11.1 Å².